The van der Waals surface area contributed by atoms with Crippen molar-refractivity contribution in [3.05, 3.63) is 60.4 Å². The SMILES string of the molecule is CCOP(=O)(CC)Oc1cc(Nc2cc(-c3cccc(N)c3)ncn2)ccc1C. The number of benzene rings is 2. The van der Waals surface area contributed by atoms with Crippen molar-refractivity contribution in [1.82, 2.24) is 9.97 Å². The molecule has 1 atom stereocenters. The highest BCUT2D eigenvalue weighted by Gasteiger charge is 2.23. The van der Waals surface area contributed by atoms with E-state index in [1.807, 2.05) is 49.4 Å². The lowest BCUT2D eigenvalue weighted by atomic mass is 10.1. The van der Waals surface area contributed by atoms with Crippen LogP contribution in [0.15, 0.2) is 54.9 Å². The minimum atomic E-state index is -3.17. The highest BCUT2D eigenvalue weighted by Crippen LogP contribution is 2.48. The highest BCUT2D eigenvalue weighted by molar-refractivity contribution is 7.54. The molecule has 1 unspecified atom stereocenters. The van der Waals surface area contributed by atoms with E-state index in [0.717, 1.165) is 22.5 Å². The van der Waals surface area contributed by atoms with E-state index in [0.29, 0.717) is 30.0 Å². The second kappa shape index (κ2) is 9.07. The lowest BCUT2D eigenvalue weighted by molar-refractivity contribution is 0.280. The highest BCUT2D eigenvalue weighted by atomic mass is 31.2. The normalized spacial score (nSPS) is 12.9. The maximum atomic E-state index is 12.7. The number of aryl methyl sites for hydroxylation is 1. The summed E-state index contributed by atoms with van der Waals surface area (Å²) in [6, 6.07) is 14.9. The van der Waals surface area contributed by atoms with E-state index in [9.17, 15) is 4.57 Å². The van der Waals surface area contributed by atoms with Crippen LogP contribution in [-0.2, 0) is 9.09 Å². The average Bonchev–Trinajstić information content (AvgIpc) is 2.71. The van der Waals surface area contributed by atoms with Gasteiger partial charge in [0.25, 0.3) is 0 Å². The Hall–Kier alpha value is -2.89. The minimum absolute atomic E-state index is 0.299. The summed E-state index contributed by atoms with van der Waals surface area (Å²) in [6.45, 7) is 5.81. The third-order valence-corrected chi connectivity index (χ3v) is 6.16. The molecule has 8 heteroatoms. The second-order valence-corrected chi connectivity index (χ2v) is 8.75. The van der Waals surface area contributed by atoms with Crippen molar-refractivity contribution in [2.75, 3.05) is 23.8 Å². The predicted octanol–water partition coefficient (Wildman–Crippen LogP) is 5.41. The van der Waals surface area contributed by atoms with Crippen LogP contribution in [0.4, 0.5) is 17.2 Å². The number of anilines is 3. The van der Waals surface area contributed by atoms with Crippen molar-refractivity contribution in [3.8, 4) is 17.0 Å². The van der Waals surface area contributed by atoms with E-state index in [1.54, 1.807) is 19.9 Å². The average molecular weight is 412 g/mol. The summed E-state index contributed by atoms with van der Waals surface area (Å²) in [5.74, 6) is 1.13. The van der Waals surface area contributed by atoms with Gasteiger partial charge >= 0.3 is 7.60 Å². The van der Waals surface area contributed by atoms with E-state index in [4.69, 9.17) is 14.8 Å². The Morgan fingerprint density at radius 2 is 1.93 bits per heavy atom. The van der Waals surface area contributed by atoms with Gasteiger partial charge in [-0.1, -0.05) is 25.1 Å². The molecule has 2 aromatic carbocycles. The Kier molecular flexibility index (Phi) is 6.52. The maximum Gasteiger partial charge on any atom is 0.378 e. The number of rotatable bonds is 8. The van der Waals surface area contributed by atoms with E-state index >= 15 is 0 Å². The predicted molar refractivity (Wildman–Crippen MR) is 117 cm³/mol. The van der Waals surface area contributed by atoms with Crippen molar-refractivity contribution >= 4 is 24.8 Å². The van der Waals surface area contributed by atoms with E-state index < -0.39 is 7.60 Å². The molecule has 0 radical (unpaired) electrons. The Balaban J connectivity index is 1.84. The number of hydrogen-bond donors (Lipinski definition) is 2. The van der Waals surface area contributed by atoms with Crippen LogP contribution in [-0.4, -0.2) is 22.7 Å². The van der Waals surface area contributed by atoms with E-state index in [1.165, 1.54) is 6.33 Å². The van der Waals surface area contributed by atoms with Crippen LogP contribution in [0.3, 0.4) is 0 Å². The molecule has 0 saturated carbocycles. The summed E-state index contributed by atoms with van der Waals surface area (Å²) in [5, 5.41) is 3.24. The molecule has 0 spiro atoms. The third-order valence-electron chi connectivity index (χ3n) is 4.26. The molecule has 0 aliphatic rings. The lowest BCUT2D eigenvalue weighted by Gasteiger charge is -2.19. The fourth-order valence-electron chi connectivity index (χ4n) is 2.73. The van der Waals surface area contributed by atoms with Crippen LogP contribution in [0.25, 0.3) is 11.3 Å². The molecule has 0 fully saturated rings. The molecule has 1 aromatic heterocycles. The van der Waals surface area contributed by atoms with Gasteiger partial charge in [-0.15, -0.1) is 0 Å². The van der Waals surface area contributed by atoms with Crippen LogP contribution in [0.1, 0.15) is 19.4 Å². The molecule has 29 heavy (non-hydrogen) atoms. The number of nitrogen functional groups attached to an aromatic ring is 1. The van der Waals surface area contributed by atoms with Crippen LogP contribution < -0.4 is 15.6 Å². The van der Waals surface area contributed by atoms with Gasteiger partial charge in [0.05, 0.1) is 18.5 Å². The zero-order valence-corrected chi connectivity index (χ0v) is 17.6. The number of aromatic nitrogens is 2. The molecular weight excluding hydrogens is 387 g/mol. The minimum Gasteiger partial charge on any atom is -0.424 e. The van der Waals surface area contributed by atoms with Gasteiger partial charge in [-0.25, -0.2) is 14.5 Å². The molecule has 0 aliphatic carbocycles. The Morgan fingerprint density at radius 3 is 2.66 bits per heavy atom. The van der Waals surface area contributed by atoms with Crippen molar-refractivity contribution in [2.45, 2.75) is 20.8 Å². The summed E-state index contributed by atoms with van der Waals surface area (Å²) in [5.41, 5.74) is 9.82. The summed E-state index contributed by atoms with van der Waals surface area (Å²) in [4.78, 5) is 8.60. The monoisotopic (exact) mass is 412 g/mol. The summed E-state index contributed by atoms with van der Waals surface area (Å²) < 4.78 is 23.8. The maximum absolute atomic E-state index is 12.7. The molecule has 3 rings (SSSR count). The van der Waals surface area contributed by atoms with Crippen LogP contribution >= 0.6 is 7.60 Å². The number of nitrogens with two attached hydrogens (primary N) is 1. The van der Waals surface area contributed by atoms with Gasteiger partial charge < -0.3 is 20.1 Å². The van der Waals surface area contributed by atoms with Crippen molar-refractivity contribution in [1.29, 1.82) is 0 Å². The molecule has 0 aliphatic heterocycles. The Morgan fingerprint density at radius 1 is 1.10 bits per heavy atom. The molecule has 0 amide bonds. The quantitative estimate of drug-likeness (QED) is 0.377. The van der Waals surface area contributed by atoms with Crippen LogP contribution in [0, 0.1) is 6.92 Å². The van der Waals surface area contributed by atoms with Gasteiger partial charge in [0.2, 0.25) is 0 Å². The zero-order valence-electron chi connectivity index (χ0n) is 16.8. The number of nitrogens with one attached hydrogen (secondary N) is 1. The van der Waals surface area contributed by atoms with Crippen molar-refractivity contribution in [2.24, 2.45) is 0 Å². The fraction of sp³-hybridized carbons (Fsp3) is 0.238. The number of hydrogen-bond acceptors (Lipinski definition) is 7. The standard InChI is InChI=1S/C21H25N4O3P/c1-4-27-29(26,5-2)28-20-12-18(10-9-15(20)3)25-21-13-19(23-14-24-21)16-7-6-8-17(22)11-16/h6-14H,4-5,22H2,1-3H3,(H,23,24,25). The van der Waals surface area contributed by atoms with Gasteiger partial charge in [-0.05, 0) is 37.6 Å². The largest absolute Gasteiger partial charge is 0.424 e. The first kappa shape index (κ1) is 20.8. The first-order chi connectivity index (χ1) is 13.9. The van der Waals surface area contributed by atoms with Crippen molar-refractivity contribution in [3.63, 3.8) is 0 Å². The smallest absolute Gasteiger partial charge is 0.378 e. The second-order valence-electron chi connectivity index (χ2n) is 6.46. The van der Waals surface area contributed by atoms with Gasteiger partial charge in [-0.3, -0.25) is 0 Å². The summed E-state index contributed by atoms with van der Waals surface area (Å²) >= 11 is 0. The summed E-state index contributed by atoms with van der Waals surface area (Å²) in [6.07, 6.45) is 1.79. The molecule has 1 heterocycles. The van der Waals surface area contributed by atoms with Crippen molar-refractivity contribution < 1.29 is 13.6 Å². The molecule has 0 bridgehead atoms. The topological polar surface area (TPSA) is 99.4 Å². The van der Waals surface area contributed by atoms with Crippen LogP contribution in [0.5, 0.6) is 5.75 Å². The fourth-order valence-corrected chi connectivity index (χ4v) is 3.99. The first-order valence-electron chi connectivity index (χ1n) is 9.41. The van der Waals surface area contributed by atoms with Crippen LogP contribution in [0.2, 0.25) is 0 Å². The molecule has 3 aromatic rings. The van der Waals surface area contributed by atoms with Gasteiger partial charge in [0.15, 0.2) is 0 Å². The van der Waals surface area contributed by atoms with Gasteiger partial charge in [-0.2, -0.15) is 0 Å². The van der Waals surface area contributed by atoms with Gasteiger partial charge in [0, 0.05) is 29.1 Å². The number of nitrogens with zero attached hydrogens (tertiary/aromatic N) is 2. The Bertz CT molecular complexity index is 1040. The lowest BCUT2D eigenvalue weighted by Crippen LogP contribution is -2.02. The van der Waals surface area contributed by atoms with E-state index in [2.05, 4.69) is 15.3 Å². The molecule has 3 N–H and O–H groups in total. The summed E-state index contributed by atoms with van der Waals surface area (Å²) in [7, 11) is -3.17. The molecule has 152 valence electrons. The Labute approximate surface area is 170 Å². The van der Waals surface area contributed by atoms with E-state index in [-0.39, 0.29) is 0 Å². The third kappa shape index (κ3) is 5.34. The molecular formula is C21H25N4O3P. The first-order valence-corrected chi connectivity index (χ1v) is 11.1. The molecule has 7 nitrogen and oxygen atoms in total. The van der Waals surface area contributed by atoms with Gasteiger partial charge in [0.1, 0.15) is 17.9 Å². The molecule has 0 saturated heterocycles. The zero-order chi connectivity index (χ0) is 20.9.